The Morgan fingerprint density at radius 2 is 1.69 bits per heavy atom. The fourth-order valence-corrected chi connectivity index (χ4v) is 1.45. The molecule has 1 aliphatic heterocycles. The minimum absolute atomic E-state index is 0.245. The van der Waals surface area contributed by atoms with E-state index >= 15 is 0 Å². The number of nitrogens with zero attached hydrogens (tertiary/aromatic N) is 1. The molecule has 0 bridgehead atoms. The lowest BCUT2D eigenvalue weighted by Crippen LogP contribution is -2.50. The second-order valence-electron chi connectivity index (χ2n) is 3.85. The molecule has 2 atom stereocenters. The smallest absolute Gasteiger partial charge is 0.185 e. The van der Waals surface area contributed by atoms with Gasteiger partial charge in [-0.3, -0.25) is 4.90 Å². The van der Waals surface area contributed by atoms with Crippen LogP contribution in [0, 0.1) is 5.92 Å². The van der Waals surface area contributed by atoms with Crippen LogP contribution in [-0.4, -0.2) is 43.5 Å². The highest BCUT2D eigenvalue weighted by Crippen LogP contribution is 2.17. The number of rotatable bonds is 3. The van der Waals surface area contributed by atoms with E-state index in [4.69, 9.17) is 0 Å². The van der Waals surface area contributed by atoms with Gasteiger partial charge in [-0.15, -0.1) is 0 Å². The molecule has 0 spiro atoms. The average Bonchev–Trinajstić information content (AvgIpc) is 2.17. The van der Waals surface area contributed by atoms with Crippen molar-refractivity contribution in [2.24, 2.45) is 5.92 Å². The van der Waals surface area contributed by atoms with Crippen molar-refractivity contribution in [3.63, 3.8) is 0 Å². The molecular weight excluding hydrogens is 174 g/mol. The highest BCUT2D eigenvalue weighted by molar-refractivity contribution is 4.77. The van der Waals surface area contributed by atoms with E-state index in [1.54, 1.807) is 18.7 Å². The Bertz CT molecular complexity index is 147. The van der Waals surface area contributed by atoms with Gasteiger partial charge >= 0.3 is 0 Å². The highest BCUT2D eigenvalue weighted by Gasteiger charge is 2.30. The van der Waals surface area contributed by atoms with Crippen LogP contribution in [0.2, 0.25) is 0 Å². The Kier molecular flexibility index (Phi) is 4.06. The fourth-order valence-electron chi connectivity index (χ4n) is 1.45. The molecule has 0 radical (unpaired) electrons. The third-order valence-electron chi connectivity index (χ3n) is 2.40. The SMILES string of the molecule is CC(C)C(F)C(F)N1CCNCC1. The summed E-state index contributed by atoms with van der Waals surface area (Å²) < 4.78 is 26.7. The summed E-state index contributed by atoms with van der Waals surface area (Å²) in [6, 6.07) is 0. The summed E-state index contributed by atoms with van der Waals surface area (Å²) in [7, 11) is 0. The number of nitrogens with one attached hydrogen (secondary N) is 1. The van der Waals surface area contributed by atoms with Gasteiger partial charge in [-0.05, 0) is 5.92 Å². The normalized spacial score (nSPS) is 24.7. The Morgan fingerprint density at radius 3 is 2.15 bits per heavy atom. The van der Waals surface area contributed by atoms with Crippen molar-refractivity contribution in [1.82, 2.24) is 10.2 Å². The van der Waals surface area contributed by atoms with Crippen LogP contribution in [0.15, 0.2) is 0 Å². The van der Waals surface area contributed by atoms with Gasteiger partial charge in [0.2, 0.25) is 0 Å². The van der Waals surface area contributed by atoms with Crippen molar-refractivity contribution in [3.8, 4) is 0 Å². The molecule has 1 aliphatic rings. The predicted molar refractivity (Wildman–Crippen MR) is 49.1 cm³/mol. The van der Waals surface area contributed by atoms with Crippen LogP contribution >= 0.6 is 0 Å². The summed E-state index contributed by atoms with van der Waals surface area (Å²) in [4.78, 5) is 1.57. The van der Waals surface area contributed by atoms with E-state index in [2.05, 4.69) is 5.32 Å². The molecule has 1 fully saturated rings. The third-order valence-corrected chi connectivity index (χ3v) is 2.40. The second kappa shape index (κ2) is 4.86. The first-order chi connectivity index (χ1) is 6.13. The van der Waals surface area contributed by atoms with Crippen LogP contribution in [-0.2, 0) is 0 Å². The molecule has 1 N–H and O–H groups in total. The number of alkyl halides is 2. The first-order valence-electron chi connectivity index (χ1n) is 4.86. The Balaban J connectivity index is 2.40. The molecule has 4 heteroatoms. The maximum Gasteiger partial charge on any atom is 0.185 e. The van der Waals surface area contributed by atoms with Crippen molar-refractivity contribution >= 4 is 0 Å². The minimum Gasteiger partial charge on any atom is -0.314 e. The number of halogens is 2. The van der Waals surface area contributed by atoms with Gasteiger partial charge in [-0.1, -0.05) is 13.8 Å². The summed E-state index contributed by atoms with van der Waals surface area (Å²) in [5.41, 5.74) is 0. The number of hydrogen-bond acceptors (Lipinski definition) is 2. The van der Waals surface area contributed by atoms with Gasteiger partial charge in [0.05, 0.1) is 0 Å². The van der Waals surface area contributed by atoms with Crippen LogP contribution < -0.4 is 5.32 Å². The largest absolute Gasteiger partial charge is 0.314 e. The highest BCUT2D eigenvalue weighted by atomic mass is 19.2. The van der Waals surface area contributed by atoms with Gasteiger partial charge in [0.1, 0.15) is 6.17 Å². The van der Waals surface area contributed by atoms with Crippen molar-refractivity contribution in [3.05, 3.63) is 0 Å². The molecule has 0 aromatic rings. The zero-order valence-electron chi connectivity index (χ0n) is 8.26. The molecule has 1 heterocycles. The standard InChI is InChI=1S/C9H18F2N2/c1-7(2)8(10)9(11)13-5-3-12-4-6-13/h7-9,12H,3-6H2,1-2H3. The van der Waals surface area contributed by atoms with Gasteiger partial charge in [0, 0.05) is 26.2 Å². The Morgan fingerprint density at radius 1 is 1.15 bits per heavy atom. The lowest BCUT2D eigenvalue weighted by molar-refractivity contribution is -0.0117. The lowest BCUT2D eigenvalue weighted by Gasteiger charge is -2.32. The molecule has 0 aromatic carbocycles. The minimum atomic E-state index is -1.43. The van der Waals surface area contributed by atoms with Crippen LogP contribution in [0.5, 0.6) is 0 Å². The van der Waals surface area contributed by atoms with Crippen LogP contribution in [0.4, 0.5) is 8.78 Å². The van der Waals surface area contributed by atoms with Gasteiger partial charge in [0.25, 0.3) is 0 Å². The lowest BCUT2D eigenvalue weighted by atomic mass is 10.1. The first-order valence-corrected chi connectivity index (χ1v) is 4.86. The van der Waals surface area contributed by atoms with Crippen LogP contribution in [0.25, 0.3) is 0 Å². The molecule has 1 saturated heterocycles. The summed E-state index contributed by atoms with van der Waals surface area (Å²) in [5.74, 6) is -0.245. The molecular formula is C9H18F2N2. The molecule has 1 rings (SSSR count). The van der Waals surface area contributed by atoms with Crippen LogP contribution in [0.3, 0.4) is 0 Å². The van der Waals surface area contributed by atoms with Crippen molar-refractivity contribution in [1.29, 1.82) is 0 Å². The van der Waals surface area contributed by atoms with Gasteiger partial charge in [0.15, 0.2) is 6.30 Å². The zero-order valence-corrected chi connectivity index (χ0v) is 8.26. The average molecular weight is 192 g/mol. The maximum atomic E-state index is 13.5. The Labute approximate surface area is 78.3 Å². The third kappa shape index (κ3) is 2.88. The van der Waals surface area contributed by atoms with Gasteiger partial charge in [-0.2, -0.15) is 0 Å². The van der Waals surface area contributed by atoms with Crippen LogP contribution in [0.1, 0.15) is 13.8 Å². The summed E-state index contributed by atoms with van der Waals surface area (Å²) >= 11 is 0. The number of hydrogen-bond donors (Lipinski definition) is 1. The van der Waals surface area contributed by atoms with E-state index in [-0.39, 0.29) is 5.92 Å². The number of piperazine rings is 1. The van der Waals surface area contributed by atoms with Gasteiger partial charge in [-0.25, -0.2) is 8.78 Å². The van der Waals surface area contributed by atoms with E-state index in [0.717, 1.165) is 13.1 Å². The van der Waals surface area contributed by atoms with E-state index in [1.807, 2.05) is 0 Å². The summed E-state index contributed by atoms with van der Waals surface area (Å²) in [6.07, 6.45) is -2.79. The fraction of sp³-hybridized carbons (Fsp3) is 1.00. The summed E-state index contributed by atoms with van der Waals surface area (Å²) in [6.45, 7) is 6.14. The second-order valence-corrected chi connectivity index (χ2v) is 3.85. The molecule has 0 aromatic heterocycles. The van der Waals surface area contributed by atoms with E-state index in [9.17, 15) is 8.78 Å². The quantitative estimate of drug-likeness (QED) is 0.675. The van der Waals surface area contributed by atoms with Gasteiger partial charge < -0.3 is 5.32 Å². The summed E-state index contributed by atoms with van der Waals surface area (Å²) in [5, 5.41) is 3.11. The molecule has 0 aliphatic carbocycles. The van der Waals surface area contributed by atoms with Crippen molar-refractivity contribution in [2.75, 3.05) is 26.2 Å². The van der Waals surface area contributed by atoms with E-state index in [0.29, 0.717) is 13.1 Å². The van der Waals surface area contributed by atoms with E-state index < -0.39 is 12.5 Å². The van der Waals surface area contributed by atoms with Crippen molar-refractivity contribution in [2.45, 2.75) is 26.3 Å². The van der Waals surface area contributed by atoms with Crippen molar-refractivity contribution < 1.29 is 8.78 Å². The molecule has 13 heavy (non-hydrogen) atoms. The van der Waals surface area contributed by atoms with E-state index in [1.165, 1.54) is 0 Å². The monoisotopic (exact) mass is 192 g/mol. The predicted octanol–water partition coefficient (Wildman–Crippen LogP) is 1.18. The maximum absolute atomic E-state index is 13.5. The zero-order chi connectivity index (χ0) is 9.84. The first kappa shape index (κ1) is 10.9. The molecule has 78 valence electrons. The molecule has 2 nitrogen and oxygen atoms in total. The topological polar surface area (TPSA) is 15.3 Å². The Hall–Kier alpha value is -0.220. The molecule has 0 saturated carbocycles. The molecule has 2 unspecified atom stereocenters. The molecule has 0 amide bonds.